The smallest absolute Gasteiger partial charge is 0.335 e. The Bertz CT molecular complexity index is 1480. The second kappa shape index (κ2) is 11.0. The van der Waals surface area contributed by atoms with Gasteiger partial charge in [0.1, 0.15) is 11.5 Å². The number of carboxylic acid groups (broad SMARTS) is 1. The van der Waals surface area contributed by atoms with Crippen LogP contribution in [0.1, 0.15) is 21.5 Å². The first-order chi connectivity index (χ1) is 18.0. The molecule has 6 nitrogen and oxygen atoms in total. The van der Waals surface area contributed by atoms with E-state index >= 15 is 0 Å². The average Bonchev–Trinajstić information content (AvgIpc) is 3.19. The van der Waals surface area contributed by atoms with Gasteiger partial charge < -0.3 is 9.84 Å². The number of benzene rings is 4. The zero-order valence-electron chi connectivity index (χ0n) is 19.7. The lowest BCUT2D eigenvalue weighted by molar-refractivity contribution is -0.122. The van der Waals surface area contributed by atoms with Gasteiger partial charge in [-0.25, -0.2) is 9.79 Å². The predicted octanol–water partition coefficient (Wildman–Crippen LogP) is 6.98. The van der Waals surface area contributed by atoms with Crippen LogP contribution in [-0.4, -0.2) is 27.1 Å². The van der Waals surface area contributed by atoms with Crippen LogP contribution < -0.4 is 4.74 Å². The largest absolute Gasteiger partial charge is 0.478 e. The lowest BCUT2D eigenvalue weighted by Gasteiger charge is -2.16. The molecule has 0 spiro atoms. The summed E-state index contributed by atoms with van der Waals surface area (Å²) < 4.78 is 5.94. The number of hydrogen-bond acceptors (Lipinski definition) is 5. The van der Waals surface area contributed by atoms with Crippen LogP contribution in [0.25, 0.3) is 6.08 Å². The molecule has 0 aliphatic carbocycles. The Hall–Kier alpha value is -4.62. The van der Waals surface area contributed by atoms with Gasteiger partial charge in [-0.1, -0.05) is 60.7 Å². The first-order valence-electron chi connectivity index (χ1n) is 11.6. The number of carbonyl (C=O) groups excluding carboxylic acids is 1. The van der Waals surface area contributed by atoms with Gasteiger partial charge in [0, 0.05) is 0 Å². The number of aliphatic imine (C=N–C) groups is 1. The van der Waals surface area contributed by atoms with Crippen LogP contribution in [0.2, 0.25) is 0 Å². The van der Waals surface area contributed by atoms with Crippen molar-refractivity contribution in [3.63, 3.8) is 0 Å². The summed E-state index contributed by atoms with van der Waals surface area (Å²) in [5.74, 6) is 0.242. The number of hydrogen-bond donors (Lipinski definition) is 1. The molecule has 182 valence electrons. The van der Waals surface area contributed by atoms with E-state index < -0.39 is 5.97 Å². The topological polar surface area (TPSA) is 79.2 Å². The van der Waals surface area contributed by atoms with Gasteiger partial charge in [-0.05, 0) is 77.5 Å². The van der Waals surface area contributed by atoms with Crippen LogP contribution in [0.4, 0.5) is 5.69 Å². The first-order valence-corrected chi connectivity index (χ1v) is 12.4. The molecule has 0 aromatic heterocycles. The number of ether oxygens (including phenoxy) is 1. The summed E-state index contributed by atoms with van der Waals surface area (Å²) in [4.78, 5) is 31.6. The summed E-state index contributed by atoms with van der Waals surface area (Å²) in [5.41, 5.74) is 2.57. The predicted molar refractivity (Wildman–Crippen MR) is 146 cm³/mol. The van der Waals surface area contributed by atoms with Gasteiger partial charge >= 0.3 is 5.97 Å². The van der Waals surface area contributed by atoms with Gasteiger partial charge in [-0.2, -0.15) is 0 Å². The van der Waals surface area contributed by atoms with Crippen LogP contribution in [0.15, 0.2) is 119 Å². The number of amidine groups is 1. The van der Waals surface area contributed by atoms with Crippen molar-refractivity contribution in [1.82, 2.24) is 4.90 Å². The van der Waals surface area contributed by atoms with E-state index in [9.17, 15) is 14.7 Å². The molecule has 0 saturated carbocycles. The fourth-order valence-electron chi connectivity index (χ4n) is 3.72. The van der Waals surface area contributed by atoms with Crippen LogP contribution in [0.3, 0.4) is 0 Å². The number of aromatic carboxylic acids is 1. The number of carboxylic acids is 1. The number of para-hydroxylation sites is 2. The van der Waals surface area contributed by atoms with Crippen LogP contribution >= 0.6 is 11.8 Å². The Morgan fingerprint density at radius 3 is 2.24 bits per heavy atom. The van der Waals surface area contributed by atoms with E-state index in [0.717, 1.165) is 22.6 Å². The van der Waals surface area contributed by atoms with Gasteiger partial charge in [0.05, 0.1) is 22.7 Å². The molecule has 0 bridgehead atoms. The van der Waals surface area contributed by atoms with Crippen LogP contribution in [0, 0.1) is 0 Å². The quantitative estimate of drug-likeness (QED) is 0.274. The molecule has 0 unspecified atom stereocenters. The molecule has 1 aliphatic heterocycles. The van der Waals surface area contributed by atoms with E-state index in [1.54, 1.807) is 17.0 Å². The summed E-state index contributed by atoms with van der Waals surface area (Å²) in [7, 11) is 0. The fourth-order valence-corrected chi connectivity index (χ4v) is 4.72. The van der Waals surface area contributed by atoms with Crippen molar-refractivity contribution in [3.05, 3.63) is 131 Å². The Morgan fingerprint density at radius 1 is 0.865 bits per heavy atom. The Balaban J connectivity index is 1.43. The van der Waals surface area contributed by atoms with Crippen molar-refractivity contribution < 1.29 is 19.4 Å². The zero-order chi connectivity index (χ0) is 25.6. The van der Waals surface area contributed by atoms with Gasteiger partial charge in [0.2, 0.25) is 0 Å². The third-order valence-corrected chi connectivity index (χ3v) is 6.55. The minimum atomic E-state index is -0.991. The summed E-state index contributed by atoms with van der Waals surface area (Å²) >= 11 is 1.31. The highest BCUT2D eigenvalue weighted by molar-refractivity contribution is 8.18. The second-order valence-electron chi connectivity index (χ2n) is 8.22. The molecule has 0 atom stereocenters. The van der Waals surface area contributed by atoms with Crippen molar-refractivity contribution in [1.29, 1.82) is 0 Å². The number of thioether (sulfide) groups is 1. The molecule has 37 heavy (non-hydrogen) atoms. The van der Waals surface area contributed by atoms with E-state index in [4.69, 9.17) is 9.73 Å². The number of carbonyl (C=O) groups is 2. The molecule has 4 aromatic carbocycles. The van der Waals surface area contributed by atoms with Gasteiger partial charge in [0.15, 0.2) is 5.17 Å². The Morgan fingerprint density at radius 2 is 1.54 bits per heavy atom. The number of amides is 1. The SMILES string of the molecule is O=C(O)c1ccc(CN2C(=O)/C(=C/c3cccc(Oc4ccccc4)c3)SC2=Nc2ccccc2)cc1. The molecule has 1 heterocycles. The van der Waals surface area contributed by atoms with Crippen molar-refractivity contribution >= 4 is 40.6 Å². The van der Waals surface area contributed by atoms with Gasteiger partial charge in [0.25, 0.3) is 5.91 Å². The van der Waals surface area contributed by atoms with Crippen molar-refractivity contribution in [2.75, 3.05) is 0 Å². The second-order valence-corrected chi connectivity index (χ2v) is 9.23. The van der Waals surface area contributed by atoms with Crippen LogP contribution in [-0.2, 0) is 11.3 Å². The van der Waals surface area contributed by atoms with Crippen molar-refractivity contribution in [2.24, 2.45) is 4.99 Å². The number of nitrogens with zero attached hydrogens (tertiary/aromatic N) is 2. The average molecular weight is 507 g/mol. The third kappa shape index (κ3) is 5.97. The minimum absolute atomic E-state index is 0.170. The van der Waals surface area contributed by atoms with E-state index in [2.05, 4.69) is 0 Å². The standard InChI is InChI=1S/C30H22N2O4S/c33-28-27(19-22-8-7-13-26(18-22)36-25-11-5-2-6-12-25)37-30(31-24-9-3-1-4-10-24)32(28)20-21-14-16-23(17-15-21)29(34)35/h1-19H,20H2,(H,34,35)/b27-19-,31-30?. The molecular weight excluding hydrogens is 484 g/mol. The van der Waals surface area contributed by atoms with E-state index in [-0.39, 0.29) is 18.0 Å². The Labute approximate surface area is 218 Å². The summed E-state index contributed by atoms with van der Waals surface area (Å²) in [6.45, 7) is 0.270. The molecule has 1 N–H and O–H groups in total. The number of rotatable bonds is 7. The highest BCUT2D eigenvalue weighted by atomic mass is 32.2. The molecule has 1 amide bonds. The molecule has 5 rings (SSSR count). The van der Waals surface area contributed by atoms with Crippen molar-refractivity contribution in [2.45, 2.75) is 6.54 Å². The lowest BCUT2D eigenvalue weighted by Crippen LogP contribution is -2.28. The normalized spacial score (nSPS) is 15.4. The summed E-state index contributed by atoms with van der Waals surface area (Å²) in [6, 6.07) is 33.0. The van der Waals surface area contributed by atoms with Crippen LogP contribution in [0.5, 0.6) is 11.5 Å². The van der Waals surface area contributed by atoms with E-state index in [0.29, 0.717) is 15.8 Å². The molecule has 1 fully saturated rings. The first kappa shape index (κ1) is 24.1. The highest BCUT2D eigenvalue weighted by Gasteiger charge is 2.33. The molecular formula is C30H22N2O4S. The zero-order valence-corrected chi connectivity index (χ0v) is 20.5. The fraction of sp³-hybridized carbons (Fsp3) is 0.0333. The maximum atomic E-state index is 13.5. The molecule has 0 radical (unpaired) electrons. The maximum Gasteiger partial charge on any atom is 0.335 e. The Kier molecular flexibility index (Phi) is 7.14. The lowest BCUT2D eigenvalue weighted by atomic mass is 10.1. The molecule has 1 saturated heterocycles. The summed E-state index contributed by atoms with van der Waals surface area (Å²) in [6.07, 6.45) is 1.83. The van der Waals surface area contributed by atoms with E-state index in [1.807, 2.05) is 91.0 Å². The molecule has 4 aromatic rings. The van der Waals surface area contributed by atoms with Gasteiger partial charge in [-0.3, -0.25) is 9.69 Å². The third-order valence-electron chi connectivity index (χ3n) is 5.55. The molecule has 7 heteroatoms. The highest BCUT2D eigenvalue weighted by Crippen LogP contribution is 2.35. The van der Waals surface area contributed by atoms with Gasteiger partial charge in [-0.15, -0.1) is 0 Å². The van der Waals surface area contributed by atoms with E-state index in [1.165, 1.54) is 23.9 Å². The van der Waals surface area contributed by atoms with Crippen molar-refractivity contribution in [3.8, 4) is 11.5 Å². The maximum absolute atomic E-state index is 13.5. The minimum Gasteiger partial charge on any atom is -0.478 e. The summed E-state index contributed by atoms with van der Waals surface area (Å²) in [5, 5.41) is 9.74. The monoisotopic (exact) mass is 506 g/mol. The molecule has 1 aliphatic rings.